The summed E-state index contributed by atoms with van der Waals surface area (Å²) in [6, 6.07) is 17.8. The van der Waals surface area contributed by atoms with Crippen LogP contribution in [0.1, 0.15) is 23.8 Å². The van der Waals surface area contributed by atoms with Crippen LogP contribution in [-0.2, 0) is 49.1 Å². The molecule has 1 aromatic heterocycles. The topological polar surface area (TPSA) is 242 Å². The smallest absolute Gasteiger partial charge is 0.444 e. The lowest BCUT2D eigenvalue weighted by molar-refractivity contribution is -0.0449. The van der Waals surface area contributed by atoms with Gasteiger partial charge in [-0.1, -0.05) is 60.7 Å². The van der Waals surface area contributed by atoms with Crippen molar-refractivity contribution in [1.29, 1.82) is 0 Å². The summed E-state index contributed by atoms with van der Waals surface area (Å²) in [5, 5.41) is 12.6. The highest BCUT2D eigenvalue weighted by atomic mass is 31.3. The number of hydrogen-bond acceptors (Lipinski definition) is 12. The predicted octanol–water partition coefficient (Wildman–Crippen LogP) is 3.28. The minimum Gasteiger partial charge on any atom is -0.444 e. The van der Waals surface area contributed by atoms with E-state index in [4.69, 9.17) is 9.47 Å². The monoisotopic (exact) mass is 675 g/mol. The minimum absolute atomic E-state index is 0.00775. The first kappa shape index (κ1) is 33.8. The summed E-state index contributed by atoms with van der Waals surface area (Å²) in [6.07, 6.45) is -4.26. The number of phosphoric ester groups is 1. The van der Waals surface area contributed by atoms with Gasteiger partial charge >= 0.3 is 35.0 Å². The molecule has 0 radical (unpaired) electrons. The number of nitrogens with one attached hydrogen (secondary N) is 1. The number of carbonyl (C=O) groups excluding carboxylic acids is 1. The van der Waals surface area contributed by atoms with Gasteiger partial charge in [0.05, 0.1) is 18.9 Å². The average Bonchev–Trinajstić information content (AvgIpc) is 3.30. The molecular weight excluding hydrogens is 647 g/mol. The summed E-state index contributed by atoms with van der Waals surface area (Å²) in [4.78, 5) is 57.9. The van der Waals surface area contributed by atoms with E-state index in [0.717, 1.165) is 10.1 Å². The van der Waals surface area contributed by atoms with Crippen LogP contribution >= 0.6 is 23.2 Å². The Morgan fingerprint density at radius 2 is 1.59 bits per heavy atom. The molecule has 4 unspecified atom stereocenters. The molecule has 1 fully saturated rings. The van der Waals surface area contributed by atoms with Gasteiger partial charge in [-0.25, -0.2) is 23.0 Å². The molecule has 1 saturated heterocycles. The van der Waals surface area contributed by atoms with Gasteiger partial charge in [-0.2, -0.15) is 9.29 Å². The number of rotatable bonds is 13. The normalized spacial score (nSPS) is 22.3. The quantitative estimate of drug-likeness (QED) is 0.163. The molecule has 20 heteroatoms. The van der Waals surface area contributed by atoms with E-state index in [1.54, 1.807) is 42.5 Å². The highest BCUT2D eigenvalue weighted by molar-refractivity contribution is 7.68. The van der Waals surface area contributed by atoms with Crippen LogP contribution in [0.2, 0.25) is 0 Å². The van der Waals surface area contributed by atoms with Crippen LogP contribution in [0.15, 0.2) is 77.7 Å². The molecule has 3 aromatic rings. The second kappa shape index (κ2) is 14.4. The number of aliphatic hydroxyl groups is 1. The zero-order valence-electron chi connectivity index (χ0n) is 22.6. The number of amides is 1. The van der Waals surface area contributed by atoms with Crippen LogP contribution in [0.5, 0.6) is 0 Å². The van der Waals surface area contributed by atoms with E-state index in [0.29, 0.717) is 0 Å². The van der Waals surface area contributed by atoms with Crippen LogP contribution in [0.4, 0.5) is 10.6 Å². The Bertz CT molecular complexity index is 1640. The van der Waals surface area contributed by atoms with Gasteiger partial charge in [0.15, 0.2) is 0 Å². The maximum absolute atomic E-state index is 12.6. The van der Waals surface area contributed by atoms with E-state index < -0.39 is 66.2 Å². The largest absolute Gasteiger partial charge is 0.488 e. The van der Waals surface area contributed by atoms with Crippen molar-refractivity contribution in [3.8, 4) is 0 Å². The van der Waals surface area contributed by atoms with Crippen molar-refractivity contribution in [2.45, 2.75) is 37.6 Å². The van der Waals surface area contributed by atoms with Gasteiger partial charge in [-0.15, -0.1) is 0 Å². The van der Waals surface area contributed by atoms with Crippen molar-refractivity contribution >= 4 is 35.2 Å². The molecule has 238 valence electrons. The fourth-order valence-electron chi connectivity index (χ4n) is 3.94. The molecule has 0 spiro atoms. The van der Waals surface area contributed by atoms with Crippen LogP contribution in [0.25, 0.3) is 0 Å². The van der Waals surface area contributed by atoms with E-state index in [1.807, 2.05) is 6.07 Å². The fraction of sp³-hybridized carbons (Fsp3) is 0.292. The summed E-state index contributed by atoms with van der Waals surface area (Å²) in [7, 11) is -15.8. The standard InChI is InChI=1S/C24H28N3O14P3/c28-19-13-22(27-12-11-21(25-23(27)29)26-24(30)37-14-17-7-3-1-4-8-17)39-20(19)15-38-43(33,34)41-44(35,36)40-42(31,32)16-18-9-5-2-6-10-18/h1-12,19-20,22,28H,13-16H2,(H,31,32)(H,33,34)(H,35,36)(H,25,26,29,30)/t19?,20-,22-/m1/s1. The first-order valence-corrected chi connectivity index (χ1v) is 17.4. The molecular formula is C24H28N3O14P3. The van der Waals surface area contributed by atoms with Gasteiger partial charge in [0, 0.05) is 12.6 Å². The molecule has 17 nitrogen and oxygen atoms in total. The first-order chi connectivity index (χ1) is 20.7. The lowest BCUT2D eigenvalue weighted by Gasteiger charge is -2.20. The second-order valence-corrected chi connectivity index (χ2v) is 14.3. The van der Waals surface area contributed by atoms with Crippen molar-refractivity contribution in [1.82, 2.24) is 9.55 Å². The number of aliphatic hydroxyl groups excluding tert-OH is 1. The Morgan fingerprint density at radius 1 is 0.955 bits per heavy atom. The van der Waals surface area contributed by atoms with E-state index in [-0.39, 0.29) is 24.4 Å². The van der Waals surface area contributed by atoms with E-state index in [2.05, 4.69) is 23.4 Å². The molecule has 5 N–H and O–H groups in total. The highest BCUT2D eigenvalue weighted by Gasteiger charge is 2.43. The van der Waals surface area contributed by atoms with Crippen LogP contribution < -0.4 is 11.0 Å². The Labute approximate surface area is 249 Å². The third-order valence-electron chi connectivity index (χ3n) is 5.85. The maximum atomic E-state index is 12.6. The van der Waals surface area contributed by atoms with Crippen LogP contribution in [0.3, 0.4) is 0 Å². The molecule has 0 bridgehead atoms. The summed E-state index contributed by atoms with van der Waals surface area (Å²) < 4.78 is 61.3. The van der Waals surface area contributed by atoms with Gasteiger partial charge in [0.25, 0.3) is 0 Å². The van der Waals surface area contributed by atoms with Crippen molar-refractivity contribution in [3.63, 3.8) is 0 Å². The van der Waals surface area contributed by atoms with Gasteiger partial charge in [0.1, 0.15) is 24.8 Å². The third-order valence-corrected chi connectivity index (χ3v) is 10.6. The lowest BCUT2D eigenvalue weighted by atomic mass is 10.2. The molecule has 1 aliphatic rings. The van der Waals surface area contributed by atoms with Gasteiger partial charge in [0.2, 0.25) is 0 Å². The van der Waals surface area contributed by atoms with Crippen molar-refractivity contribution in [2.75, 3.05) is 11.9 Å². The molecule has 0 aliphatic carbocycles. The summed E-state index contributed by atoms with van der Waals surface area (Å²) in [5.41, 5.74) is 0.160. The minimum atomic E-state index is -5.60. The number of nitrogens with zero attached hydrogens (tertiary/aromatic N) is 2. The number of carbonyl (C=O) groups is 1. The predicted molar refractivity (Wildman–Crippen MR) is 151 cm³/mol. The Hall–Kier alpha value is -3.04. The summed E-state index contributed by atoms with van der Waals surface area (Å²) >= 11 is 0. The zero-order valence-corrected chi connectivity index (χ0v) is 25.3. The number of hydrogen-bond donors (Lipinski definition) is 5. The summed E-state index contributed by atoms with van der Waals surface area (Å²) in [5.74, 6) is -0.118. The molecule has 1 aliphatic heterocycles. The number of benzene rings is 2. The van der Waals surface area contributed by atoms with Crippen molar-refractivity contribution in [2.24, 2.45) is 0 Å². The molecule has 6 atom stereocenters. The second-order valence-electron chi connectivity index (χ2n) is 9.30. The first-order valence-electron chi connectivity index (χ1n) is 12.7. The average molecular weight is 675 g/mol. The molecule has 4 rings (SSSR count). The highest BCUT2D eigenvalue weighted by Crippen LogP contribution is 2.68. The number of ether oxygens (including phenoxy) is 2. The SMILES string of the molecule is O=C(Nc1ccn([C@H]2CC(O)[C@@H](COP(=O)(O)OP(=O)(O)OP(=O)(O)Cc3ccccc3)O2)c(=O)n1)OCc1ccccc1. The third kappa shape index (κ3) is 10.3. The molecule has 2 aromatic carbocycles. The number of anilines is 1. The van der Waals surface area contributed by atoms with E-state index >= 15 is 0 Å². The Morgan fingerprint density at radius 3 is 2.23 bits per heavy atom. The molecule has 0 saturated carbocycles. The molecule has 44 heavy (non-hydrogen) atoms. The van der Waals surface area contributed by atoms with Crippen molar-refractivity contribution in [3.05, 3.63) is 94.5 Å². The van der Waals surface area contributed by atoms with Gasteiger partial charge < -0.3 is 29.3 Å². The Kier molecular flexibility index (Phi) is 11.1. The van der Waals surface area contributed by atoms with Crippen LogP contribution in [0, 0.1) is 0 Å². The van der Waals surface area contributed by atoms with Gasteiger partial charge in [-0.05, 0) is 17.2 Å². The van der Waals surface area contributed by atoms with Gasteiger partial charge in [-0.3, -0.25) is 19.0 Å². The fourth-order valence-corrected chi connectivity index (χ4v) is 8.09. The summed E-state index contributed by atoms with van der Waals surface area (Å²) in [6.45, 7) is -0.868. The number of phosphoric acid groups is 2. The maximum Gasteiger partial charge on any atom is 0.488 e. The molecule has 1 amide bonds. The number of aromatic nitrogens is 2. The van der Waals surface area contributed by atoms with Crippen LogP contribution in [-0.4, -0.2) is 54.2 Å². The molecule has 2 heterocycles. The Balaban J connectivity index is 1.28. The van der Waals surface area contributed by atoms with E-state index in [9.17, 15) is 43.1 Å². The zero-order chi connectivity index (χ0) is 32.0. The van der Waals surface area contributed by atoms with E-state index in [1.165, 1.54) is 24.4 Å². The lowest BCUT2D eigenvalue weighted by Crippen LogP contribution is -2.29. The van der Waals surface area contributed by atoms with Crippen molar-refractivity contribution < 1.29 is 60.9 Å².